The minimum atomic E-state index is -0.998. The Morgan fingerprint density at radius 2 is 2.25 bits per heavy atom. The SMILES string of the molecule is COc1nc(C)c2c(c1C(=O)O)CCOC2. The first-order valence-corrected chi connectivity index (χ1v) is 5.02. The van der Waals surface area contributed by atoms with Crippen molar-refractivity contribution in [2.45, 2.75) is 20.0 Å². The maximum atomic E-state index is 11.2. The molecule has 0 bridgehead atoms. The molecule has 0 spiro atoms. The van der Waals surface area contributed by atoms with Crippen LogP contribution in [0.25, 0.3) is 0 Å². The van der Waals surface area contributed by atoms with Gasteiger partial charge in [-0.05, 0) is 18.9 Å². The fourth-order valence-electron chi connectivity index (χ4n) is 1.96. The van der Waals surface area contributed by atoms with Crippen molar-refractivity contribution >= 4 is 5.97 Å². The summed E-state index contributed by atoms with van der Waals surface area (Å²) in [5, 5.41) is 9.18. The van der Waals surface area contributed by atoms with Crippen LogP contribution >= 0.6 is 0 Å². The largest absolute Gasteiger partial charge is 0.480 e. The lowest BCUT2D eigenvalue weighted by molar-refractivity contribution is 0.0684. The van der Waals surface area contributed by atoms with E-state index in [4.69, 9.17) is 9.47 Å². The first-order valence-electron chi connectivity index (χ1n) is 5.02. The van der Waals surface area contributed by atoms with Gasteiger partial charge in [0.2, 0.25) is 5.88 Å². The van der Waals surface area contributed by atoms with Crippen molar-refractivity contribution in [3.8, 4) is 5.88 Å². The number of rotatable bonds is 2. The van der Waals surface area contributed by atoms with Crippen LogP contribution in [0.15, 0.2) is 0 Å². The van der Waals surface area contributed by atoms with Crippen LogP contribution in [0.2, 0.25) is 0 Å². The molecule has 2 heterocycles. The molecule has 0 saturated heterocycles. The molecule has 0 radical (unpaired) electrons. The van der Waals surface area contributed by atoms with Gasteiger partial charge >= 0.3 is 5.97 Å². The summed E-state index contributed by atoms with van der Waals surface area (Å²) >= 11 is 0. The average Bonchev–Trinajstić information content (AvgIpc) is 2.28. The second-order valence-electron chi connectivity index (χ2n) is 3.65. The summed E-state index contributed by atoms with van der Waals surface area (Å²) in [5.74, 6) is -0.812. The highest BCUT2D eigenvalue weighted by molar-refractivity contribution is 5.92. The van der Waals surface area contributed by atoms with Gasteiger partial charge in [0.15, 0.2) is 0 Å². The maximum absolute atomic E-state index is 11.2. The number of carboxylic acids is 1. The van der Waals surface area contributed by atoms with Gasteiger partial charge in [0.25, 0.3) is 0 Å². The van der Waals surface area contributed by atoms with Crippen molar-refractivity contribution in [3.05, 3.63) is 22.4 Å². The fourth-order valence-corrected chi connectivity index (χ4v) is 1.96. The van der Waals surface area contributed by atoms with E-state index in [1.165, 1.54) is 7.11 Å². The zero-order valence-electron chi connectivity index (χ0n) is 9.24. The Morgan fingerprint density at radius 1 is 1.50 bits per heavy atom. The van der Waals surface area contributed by atoms with Gasteiger partial charge < -0.3 is 14.6 Å². The molecule has 0 atom stereocenters. The van der Waals surface area contributed by atoms with Crippen LogP contribution in [-0.4, -0.2) is 29.8 Å². The Bertz CT molecular complexity index is 442. The van der Waals surface area contributed by atoms with Crippen molar-refractivity contribution in [2.24, 2.45) is 0 Å². The smallest absolute Gasteiger partial charge is 0.341 e. The Kier molecular flexibility index (Phi) is 2.78. The van der Waals surface area contributed by atoms with Crippen LogP contribution in [0.1, 0.15) is 27.2 Å². The van der Waals surface area contributed by atoms with E-state index >= 15 is 0 Å². The summed E-state index contributed by atoms with van der Waals surface area (Å²) in [6, 6.07) is 0. The minimum absolute atomic E-state index is 0.173. The normalized spacial score (nSPS) is 14.4. The lowest BCUT2D eigenvalue weighted by Gasteiger charge is -2.21. The van der Waals surface area contributed by atoms with E-state index in [-0.39, 0.29) is 11.4 Å². The number of ether oxygens (including phenoxy) is 2. The van der Waals surface area contributed by atoms with E-state index in [9.17, 15) is 9.90 Å². The predicted octanol–water partition coefficient (Wildman–Crippen LogP) is 1.17. The molecular formula is C11H13NO4. The number of hydrogen-bond acceptors (Lipinski definition) is 4. The molecule has 0 aliphatic carbocycles. The van der Waals surface area contributed by atoms with Crippen LogP contribution in [0.5, 0.6) is 5.88 Å². The molecule has 1 N–H and O–H groups in total. The predicted molar refractivity (Wildman–Crippen MR) is 55.8 cm³/mol. The van der Waals surface area contributed by atoms with Gasteiger partial charge in [0, 0.05) is 11.3 Å². The Balaban J connectivity index is 2.68. The second kappa shape index (κ2) is 4.09. The number of carboxylic acid groups (broad SMARTS) is 1. The lowest BCUT2D eigenvalue weighted by atomic mass is 9.97. The minimum Gasteiger partial charge on any atom is -0.480 e. The number of aromatic nitrogens is 1. The van der Waals surface area contributed by atoms with Gasteiger partial charge in [-0.1, -0.05) is 0 Å². The van der Waals surface area contributed by atoms with Crippen LogP contribution in [-0.2, 0) is 17.8 Å². The van der Waals surface area contributed by atoms with Gasteiger partial charge in [0.05, 0.1) is 20.3 Å². The van der Waals surface area contributed by atoms with E-state index < -0.39 is 5.97 Å². The Hall–Kier alpha value is -1.62. The van der Waals surface area contributed by atoms with Gasteiger partial charge in [-0.15, -0.1) is 0 Å². The standard InChI is InChI=1S/C11H13NO4/c1-6-8-5-16-4-3-7(8)9(11(13)14)10(12-6)15-2/h3-5H2,1-2H3,(H,13,14). The summed E-state index contributed by atoms with van der Waals surface area (Å²) < 4.78 is 10.3. The first kappa shape index (κ1) is 10.9. The van der Waals surface area contributed by atoms with Gasteiger partial charge in [-0.25, -0.2) is 9.78 Å². The Labute approximate surface area is 93.0 Å². The summed E-state index contributed by atoms with van der Waals surface area (Å²) in [4.78, 5) is 15.3. The average molecular weight is 223 g/mol. The molecular weight excluding hydrogens is 210 g/mol. The highest BCUT2D eigenvalue weighted by atomic mass is 16.5. The number of methoxy groups -OCH3 is 1. The second-order valence-corrected chi connectivity index (χ2v) is 3.65. The van der Waals surface area contributed by atoms with E-state index in [1.807, 2.05) is 6.92 Å². The molecule has 2 rings (SSSR count). The lowest BCUT2D eigenvalue weighted by Crippen LogP contribution is -2.18. The van der Waals surface area contributed by atoms with Crippen LogP contribution in [0.3, 0.4) is 0 Å². The number of carbonyl (C=O) groups is 1. The van der Waals surface area contributed by atoms with Crippen LogP contribution in [0, 0.1) is 6.92 Å². The molecule has 0 amide bonds. The molecule has 16 heavy (non-hydrogen) atoms. The highest BCUT2D eigenvalue weighted by Gasteiger charge is 2.25. The number of pyridine rings is 1. The monoisotopic (exact) mass is 223 g/mol. The zero-order valence-corrected chi connectivity index (χ0v) is 9.24. The first-order chi connectivity index (χ1) is 7.65. The van der Waals surface area contributed by atoms with E-state index in [0.29, 0.717) is 19.6 Å². The quantitative estimate of drug-likeness (QED) is 0.815. The molecule has 1 aromatic rings. The zero-order chi connectivity index (χ0) is 11.7. The number of fused-ring (bicyclic) bond motifs is 1. The third-order valence-corrected chi connectivity index (χ3v) is 2.74. The highest BCUT2D eigenvalue weighted by Crippen LogP contribution is 2.29. The molecule has 0 fully saturated rings. The maximum Gasteiger partial charge on any atom is 0.341 e. The van der Waals surface area contributed by atoms with Crippen molar-refractivity contribution in [3.63, 3.8) is 0 Å². The van der Waals surface area contributed by atoms with Crippen molar-refractivity contribution in [1.29, 1.82) is 0 Å². The molecule has 0 saturated carbocycles. The number of nitrogens with zero attached hydrogens (tertiary/aromatic N) is 1. The molecule has 1 aliphatic rings. The number of aryl methyl sites for hydroxylation is 1. The van der Waals surface area contributed by atoms with Crippen molar-refractivity contribution in [2.75, 3.05) is 13.7 Å². The summed E-state index contributed by atoms with van der Waals surface area (Å²) in [7, 11) is 1.43. The topological polar surface area (TPSA) is 68.7 Å². The number of aromatic carboxylic acids is 1. The summed E-state index contributed by atoms with van der Waals surface area (Å²) in [5.41, 5.74) is 2.62. The van der Waals surface area contributed by atoms with E-state index in [0.717, 1.165) is 16.8 Å². The van der Waals surface area contributed by atoms with Crippen molar-refractivity contribution < 1.29 is 19.4 Å². The van der Waals surface area contributed by atoms with Gasteiger partial charge in [0.1, 0.15) is 5.56 Å². The van der Waals surface area contributed by atoms with E-state index in [1.54, 1.807) is 0 Å². The summed E-state index contributed by atoms with van der Waals surface area (Å²) in [6.45, 7) is 2.81. The molecule has 1 aromatic heterocycles. The molecule has 0 aromatic carbocycles. The molecule has 5 nitrogen and oxygen atoms in total. The van der Waals surface area contributed by atoms with Gasteiger partial charge in [-0.2, -0.15) is 0 Å². The Morgan fingerprint density at radius 3 is 2.88 bits per heavy atom. The fraction of sp³-hybridized carbons (Fsp3) is 0.455. The van der Waals surface area contributed by atoms with Crippen LogP contribution < -0.4 is 4.74 Å². The van der Waals surface area contributed by atoms with E-state index in [2.05, 4.69) is 4.98 Å². The third-order valence-electron chi connectivity index (χ3n) is 2.74. The van der Waals surface area contributed by atoms with Crippen LogP contribution in [0.4, 0.5) is 0 Å². The summed E-state index contributed by atoms with van der Waals surface area (Å²) in [6.07, 6.45) is 0.594. The molecule has 5 heteroatoms. The molecule has 1 aliphatic heterocycles. The van der Waals surface area contributed by atoms with Crippen molar-refractivity contribution in [1.82, 2.24) is 4.98 Å². The molecule has 0 unspecified atom stereocenters. The molecule has 86 valence electrons. The number of hydrogen-bond donors (Lipinski definition) is 1. The third kappa shape index (κ3) is 1.63. The van der Waals surface area contributed by atoms with Gasteiger partial charge in [-0.3, -0.25) is 0 Å².